The van der Waals surface area contributed by atoms with E-state index in [-0.39, 0.29) is 30.3 Å². The van der Waals surface area contributed by atoms with E-state index in [1.807, 2.05) is 23.7 Å². The molecule has 6 N–H and O–H groups in total. The quantitative estimate of drug-likeness (QED) is 0.260. The lowest BCUT2D eigenvalue weighted by molar-refractivity contribution is -0.130. The van der Waals surface area contributed by atoms with Gasteiger partial charge in [0.25, 0.3) is 0 Å². The standard InChI is InChI=1S/C25H47N7O3S/c1-16(2)11-18(33)5-4-6-21(34)31(3)15-19-12-20-22(36-19)24(32-7-9-35-10-8-32)30-23(29-20)17-13-27-25(26)28-14-17/h16-17,19-20,22-25,27-30H,4-15,26H2,1-3H3. The van der Waals surface area contributed by atoms with Crippen molar-refractivity contribution in [3.05, 3.63) is 0 Å². The molecular weight excluding hydrogens is 478 g/mol. The fourth-order valence-corrected chi connectivity index (χ4v) is 7.74. The lowest BCUT2D eigenvalue weighted by Crippen LogP contribution is -2.73. The third kappa shape index (κ3) is 7.63. The van der Waals surface area contributed by atoms with Crippen molar-refractivity contribution < 1.29 is 14.3 Å². The van der Waals surface area contributed by atoms with E-state index in [0.29, 0.717) is 54.1 Å². The number of carbonyl (C=O) groups is 2. The molecule has 0 aliphatic carbocycles. The number of rotatable bonds is 10. The summed E-state index contributed by atoms with van der Waals surface area (Å²) in [5, 5.41) is 15.4. The van der Waals surface area contributed by atoms with Crippen LogP contribution in [-0.2, 0) is 14.3 Å². The van der Waals surface area contributed by atoms with Gasteiger partial charge in [0.15, 0.2) is 0 Å². The van der Waals surface area contributed by atoms with E-state index in [1.54, 1.807) is 0 Å². The third-order valence-electron chi connectivity index (χ3n) is 7.81. The van der Waals surface area contributed by atoms with E-state index in [4.69, 9.17) is 10.5 Å². The fourth-order valence-electron chi connectivity index (χ4n) is 5.89. The second-order valence-corrected chi connectivity index (χ2v) is 12.8. The van der Waals surface area contributed by atoms with Crippen molar-refractivity contribution in [2.24, 2.45) is 17.6 Å². The van der Waals surface area contributed by atoms with Crippen LogP contribution >= 0.6 is 11.8 Å². The molecular formula is C25H47N7O3S. The maximum absolute atomic E-state index is 12.8. The number of nitrogens with zero attached hydrogens (tertiary/aromatic N) is 2. The molecule has 4 heterocycles. The summed E-state index contributed by atoms with van der Waals surface area (Å²) in [6.45, 7) is 10.1. The minimum atomic E-state index is -0.138. The summed E-state index contributed by atoms with van der Waals surface area (Å²) in [7, 11) is 1.91. The molecule has 0 aromatic rings. The van der Waals surface area contributed by atoms with Gasteiger partial charge < -0.3 is 15.4 Å². The van der Waals surface area contributed by atoms with Crippen LogP contribution in [0.2, 0.25) is 0 Å². The SMILES string of the molecule is CC(C)CC(=O)CCCC(=O)N(C)CC1CC2NC(C3CNC(N)NC3)NC(N3CCOCC3)C2S1. The molecule has 4 rings (SSSR count). The van der Waals surface area contributed by atoms with E-state index < -0.39 is 0 Å². The summed E-state index contributed by atoms with van der Waals surface area (Å²) in [6.07, 6.45) is 3.61. The number of ether oxygens (including phenoxy) is 1. The molecule has 4 aliphatic rings. The van der Waals surface area contributed by atoms with Gasteiger partial charge >= 0.3 is 0 Å². The van der Waals surface area contributed by atoms with Gasteiger partial charge in [0.2, 0.25) is 5.91 Å². The summed E-state index contributed by atoms with van der Waals surface area (Å²) < 4.78 is 5.63. The molecule has 1 amide bonds. The number of nitrogens with two attached hydrogens (primary N) is 1. The van der Waals surface area contributed by atoms with Gasteiger partial charge in [-0.1, -0.05) is 13.8 Å². The number of ketones is 1. The zero-order chi connectivity index (χ0) is 25.7. The molecule has 4 fully saturated rings. The van der Waals surface area contributed by atoms with Gasteiger partial charge in [-0.2, -0.15) is 0 Å². The Kier molecular flexibility index (Phi) is 10.4. The second-order valence-electron chi connectivity index (χ2n) is 11.3. The number of thioether (sulfide) groups is 1. The molecule has 206 valence electrons. The van der Waals surface area contributed by atoms with E-state index >= 15 is 0 Å². The average molecular weight is 526 g/mol. The van der Waals surface area contributed by atoms with Crippen molar-refractivity contribution >= 4 is 23.5 Å². The highest BCUT2D eigenvalue weighted by atomic mass is 32.2. The van der Waals surface area contributed by atoms with Crippen LogP contribution in [-0.4, -0.2) is 110 Å². The molecule has 4 saturated heterocycles. The molecule has 10 nitrogen and oxygen atoms in total. The maximum atomic E-state index is 12.8. The van der Waals surface area contributed by atoms with Crippen molar-refractivity contribution in [3.63, 3.8) is 0 Å². The number of hydrogen-bond acceptors (Lipinski definition) is 10. The first-order valence-corrected chi connectivity index (χ1v) is 14.7. The second kappa shape index (κ2) is 13.3. The smallest absolute Gasteiger partial charge is 0.222 e. The number of nitrogens with one attached hydrogen (secondary N) is 4. The highest BCUT2D eigenvalue weighted by molar-refractivity contribution is 8.00. The Bertz CT molecular complexity index is 730. The highest BCUT2D eigenvalue weighted by Crippen LogP contribution is 2.40. The predicted molar refractivity (Wildman–Crippen MR) is 143 cm³/mol. The molecule has 0 aromatic carbocycles. The minimum Gasteiger partial charge on any atom is -0.379 e. The minimum absolute atomic E-state index is 0.138. The summed E-state index contributed by atoms with van der Waals surface area (Å²) in [5.41, 5.74) is 5.97. The number of Topliss-reactive ketones (excluding diaryl/α,β-unsaturated/α-hetero) is 1. The summed E-state index contributed by atoms with van der Waals surface area (Å²) in [4.78, 5) is 29.2. The van der Waals surface area contributed by atoms with Crippen molar-refractivity contribution in [1.82, 2.24) is 31.1 Å². The first-order chi connectivity index (χ1) is 17.3. The Hall–Kier alpha value is -0.790. The zero-order valence-electron chi connectivity index (χ0n) is 22.2. The number of carbonyl (C=O) groups excluding carboxylic acids is 2. The van der Waals surface area contributed by atoms with Crippen LogP contribution in [0.4, 0.5) is 0 Å². The van der Waals surface area contributed by atoms with Gasteiger partial charge in [0.05, 0.1) is 25.5 Å². The van der Waals surface area contributed by atoms with Crippen LogP contribution in [0.3, 0.4) is 0 Å². The van der Waals surface area contributed by atoms with Crippen LogP contribution in [0.25, 0.3) is 0 Å². The largest absolute Gasteiger partial charge is 0.379 e. The van der Waals surface area contributed by atoms with Crippen LogP contribution in [0.1, 0.15) is 46.0 Å². The molecule has 0 aromatic heterocycles. The lowest BCUT2D eigenvalue weighted by atomic mass is 9.95. The van der Waals surface area contributed by atoms with Crippen LogP contribution in [0.15, 0.2) is 0 Å². The number of amides is 1. The topological polar surface area (TPSA) is 124 Å². The Morgan fingerprint density at radius 3 is 2.56 bits per heavy atom. The summed E-state index contributed by atoms with van der Waals surface area (Å²) in [6, 6.07) is 0.395. The number of hydrogen-bond donors (Lipinski definition) is 5. The van der Waals surface area contributed by atoms with Crippen LogP contribution < -0.4 is 27.0 Å². The van der Waals surface area contributed by atoms with Gasteiger partial charge in [-0.15, -0.1) is 11.8 Å². The molecule has 5 atom stereocenters. The first-order valence-electron chi connectivity index (χ1n) is 13.8. The molecule has 5 unspecified atom stereocenters. The lowest BCUT2D eigenvalue weighted by Gasteiger charge is -2.49. The predicted octanol–water partition coefficient (Wildman–Crippen LogP) is -0.298. The van der Waals surface area contributed by atoms with E-state index in [2.05, 4.69) is 40.0 Å². The molecule has 0 radical (unpaired) electrons. The maximum Gasteiger partial charge on any atom is 0.222 e. The fraction of sp³-hybridized carbons (Fsp3) is 0.920. The first kappa shape index (κ1) is 28.2. The number of fused-ring (bicyclic) bond motifs is 1. The highest BCUT2D eigenvalue weighted by Gasteiger charge is 2.48. The van der Waals surface area contributed by atoms with Gasteiger partial charge in [0.1, 0.15) is 12.1 Å². The number of morpholine rings is 1. The molecule has 36 heavy (non-hydrogen) atoms. The van der Waals surface area contributed by atoms with Crippen molar-refractivity contribution in [1.29, 1.82) is 0 Å². The average Bonchev–Trinajstić information content (AvgIpc) is 3.26. The Labute approximate surface area is 220 Å². The molecule has 11 heteroatoms. The molecule has 0 spiro atoms. The van der Waals surface area contributed by atoms with E-state index in [9.17, 15) is 9.59 Å². The monoisotopic (exact) mass is 525 g/mol. The normalized spacial score (nSPS) is 35.5. The van der Waals surface area contributed by atoms with Crippen molar-refractivity contribution in [2.45, 2.75) is 81.1 Å². The van der Waals surface area contributed by atoms with Gasteiger partial charge in [-0.25, -0.2) is 0 Å². The van der Waals surface area contributed by atoms with Crippen LogP contribution in [0.5, 0.6) is 0 Å². The van der Waals surface area contributed by atoms with Crippen molar-refractivity contribution in [3.8, 4) is 0 Å². The Morgan fingerprint density at radius 2 is 1.86 bits per heavy atom. The van der Waals surface area contributed by atoms with Gasteiger partial charge in [-0.3, -0.25) is 35.8 Å². The Balaban J connectivity index is 1.31. The molecule has 0 bridgehead atoms. The van der Waals surface area contributed by atoms with E-state index in [0.717, 1.165) is 52.4 Å². The molecule has 4 aliphatic heterocycles. The summed E-state index contributed by atoms with van der Waals surface area (Å²) in [5.74, 6) is 1.20. The van der Waals surface area contributed by atoms with Crippen LogP contribution in [0, 0.1) is 11.8 Å². The van der Waals surface area contributed by atoms with E-state index in [1.165, 1.54) is 0 Å². The van der Waals surface area contributed by atoms with Gasteiger partial charge in [-0.05, 0) is 18.8 Å². The third-order valence-corrected chi connectivity index (χ3v) is 9.44. The van der Waals surface area contributed by atoms with Crippen molar-refractivity contribution in [2.75, 3.05) is 53.0 Å². The summed E-state index contributed by atoms with van der Waals surface area (Å²) >= 11 is 2.02. The van der Waals surface area contributed by atoms with Gasteiger partial charge in [0, 0.05) is 81.5 Å². The zero-order valence-corrected chi connectivity index (χ0v) is 23.0. The Morgan fingerprint density at radius 1 is 1.14 bits per heavy atom. The molecule has 0 saturated carbocycles.